The van der Waals surface area contributed by atoms with Gasteiger partial charge in [0.1, 0.15) is 0 Å². The minimum absolute atomic E-state index is 0.739. The van der Waals surface area contributed by atoms with E-state index in [1.165, 1.54) is 51.1 Å². The van der Waals surface area contributed by atoms with Gasteiger partial charge in [-0.2, -0.15) is 11.8 Å². The number of hydrogen-bond acceptors (Lipinski definition) is 3. The molecule has 5 heteroatoms. The zero-order chi connectivity index (χ0) is 15.3. The molecule has 124 valence electrons. The Bertz CT molecular complexity index is 283. The number of guanidine groups is 1. The lowest BCUT2D eigenvalue weighted by molar-refractivity contribution is 0.326. The van der Waals surface area contributed by atoms with Crippen molar-refractivity contribution in [3.05, 3.63) is 0 Å². The SMILES string of the molecule is CCCN1CCC(CN=C(NCC)NCCCCSC)C1. The van der Waals surface area contributed by atoms with Gasteiger partial charge in [0.25, 0.3) is 0 Å². The van der Waals surface area contributed by atoms with E-state index in [4.69, 9.17) is 4.99 Å². The first-order valence-corrected chi connectivity index (χ1v) is 9.93. The van der Waals surface area contributed by atoms with Crippen molar-refractivity contribution >= 4 is 17.7 Å². The van der Waals surface area contributed by atoms with Gasteiger partial charge < -0.3 is 15.5 Å². The predicted molar refractivity (Wildman–Crippen MR) is 96.4 cm³/mol. The molecule has 1 aliphatic rings. The fourth-order valence-corrected chi connectivity index (χ4v) is 3.21. The molecule has 0 aromatic carbocycles. The molecule has 0 saturated carbocycles. The molecule has 0 aromatic heterocycles. The van der Waals surface area contributed by atoms with Gasteiger partial charge in [0, 0.05) is 26.2 Å². The molecule has 1 fully saturated rings. The Balaban J connectivity index is 2.24. The standard InChI is InChI=1S/C16H34N4S/c1-4-10-20-11-8-15(14-20)13-19-16(17-5-2)18-9-6-7-12-21-3/h15H,4-14H2,1-3H3,(H2,17,18,19). The third-order valence-electron chi connectivity index (χ3n) is 3.83. The second kappa shape index (κ2) is 12.2. The van der Waals surface area contributed by atoms with Crippen LogP contribution in [0.4, 0.5) is 0 Å². The number of likely N-dealkylation sites (tertiary alicyclic amines) is 1. The van der Waals surface area contributed by atoms with Crippen molar-refractivity contribution in [1.29, 1.82) is 0 Å². The summed E-state index contributed by atoms with van der Waals surface area (Å²) in [5, 5.41) is 6.81. The van der Waals surface area contributed by atoms with E-state index in [9.17, 15) is 0 Å². The number of nitrogens with zero attached hydrogens (tertiary/aromatic N) is 2. The summed E-state index contributed by atoms with van der Waals surface area (Å²) in [7, 11) is 0. The third-order valence-corrected chi connectivity index (χ3v) is 4.53. The van der Waals surface area contributed by atoms with Crippen LogP contribution in [0.15, 0.2) is 4.99 Å². The fourth-order valence-electron chi connectivity index (χ4n) is 2.72. The van der Waals surface area contributed by atoms with Gasteiger partial charge in [0.15, 0.2) is 5.96 Å². The molecule has 1 atom stereocenters. The minimum atomic E-state index is 0.739. The maximum Gasteiger partial charge on any atom is 0.191 e. The zero-order valence-electron chi connectivity index (χ0n) is 14.2. The molecule has 1 unspecified atom stereocenters. The smallest absolute Gasteiger partial charge is 0.191 e. The van der Waals surface area contributed by atoms with Crippen molar-refractivity contribution in [3.63, 3.8) is 0 Å². The maximum absolute atomic E-state index is 4.77. The van der Waals surface area contributed by atoms with E-state index < -0.39 is 0 Å². The van der Waals surface area contributed by atoms with E-state index in [1.807, 2.05) is 11.8 Å². The van der Waals surface area contributed by atoms with Gasteiger partial charge in [-0.1, -0.05) is 6.92 Å². The van der Waals surface area contributed by atoms with E-state index in [2.05, 4.69) is 35.6 Å². The Kier molecular flexibility index (Phi) is 10.8. The van der Waals surface area contributed by atoms with E-state index in [0.717, 1.165) is 31.5 Å². The highest BCUT2D eigenvalue weighted by molar-refractivity contribution is 7.98. The molecular formula is C16H34N4S. The second-order valence-corrected chi connectivity index (χ2v) is 6.79. The summed E-state index contributed by atoms with van der Waals surface area (Å²) in [5.74, 6) is 2.99. The molecule has 0 aromatic rings. The van der Waals surface area contributed by atoms with Gasteiger partial charge in [-0.25, -0.2) is 0 Å². The average molecular weight is 315 g/mol. The Labute approximate surface area is 135 Å². The van der Waals surface area contributed by atoms with Gasteiger partial charge in [0.05, 0.1) is 0 Å². The van der Waals surface area contributed by atoms with Gasteiger partial charge in [0.2, 0.25) is 0 Å². The number of aliphatic imine (C=N–C) groups is 1. The molecule has 0 aliphatic carbocycles. The summed E-state index contributed by atoms with van der Waals surface area (Å²) in [4.78, 5) is 7.34. The first kappa shape index (κ1) is 18.6. The quantitative estimate of drug-likeness (QED) is 0.369. The normalized spacial score (nSPS) is 20.0. The van der Waals surface area contributed by atoms with Crippen molar-refractivity contribution in [2.24, 2.45) is 10.9 Å². The van der Waals surface area contributed by atoms with Crippen molar-refractivity contribution in [1.82, 2.24) is 15.5 Å². The molecule has 4 nitrogen and oxygen atoms in total. The Hall–Kier alpha value is -0.420. The first-order chi connectivity index (χ1) is 10.3. The van der Waals surface area contributed by atoms with Gasteiger partial charge >= 0.3 is 0 Å². The van der Waals surface area contributed by atoms with Gasteiger partial charge in [-0.15, -0.1) is 0 Å². The Morgan fingerprint density at radius 2 is 2.14 bits per heavy atom. The number of thioether (sulfide) groups is 1. The highest BCUT2D eigenvalue weighted by Gasteiger charge is 2.21. The topological polar surface area (TPSA) is 39.7 Å². The van der Waals surface area contributed by atoms with E-state index in [1.54, 1.807) is 0 Å². The first-order valence-electron chi connectivity index (χ1n) is 8.53. The summed E-state index contributed by atoms with van der Waals surface area (Å²) in [6, 6.07) is 0. The lowest BCUT2D eigenvalue weighted by Crippen LogP contribution is -2.38. The molecule has 0 bridgehead atoms. The largest absolute Gasteiger partial charge is 0.357 e. The summed E-state index contributed by atoms with van der Waals surface area (Å²) < 4.78 is 0. The summed E-state index contributed by atoms with van der Waals surface area (Å²) in [6.45, 7) is 11.0. The Morgan fingerprint density at radius 3 is 2.86 bits per heavy atom. The lowest BCUT2D eigenvalue weighted by atomic mass is 10.1. The maximum atomic E-state index is 4.77. The van der Waals surface area contributed by atoms with E-state index in [0.29, 0.717) is 0 Å². The van der Waals surface area contributed by atoms with Crippen LogP contribution < -0.4 is 10.6 Å². The molecule has 1 saturated heterocycles. The predicted octanol–water partition coefficient (Wildman–Crippen LogP) is 2.42. The number of hydrogen-bond donors (Lipinski definition) is 2. The van der Waals surface area contributed by atoms with E-state index in [-0.39, 0.29) is 0 Å². The summed E-state index contributed by atoms with van der Waals surface area (Å²) in [5.41, 5.74) is 0. The minimum Gasteiger partial charge on any atom is -0.357 e. The molecule has 0 amide bonds. The van der Waals surface area contributed by atoms with Crippen LogP contribution in [0.3, 0.4) is 0 Å². The van der Waals surface area contributed by atoms with Crippen LogP contribution >= 0.6 is 11.8 Å². The molecule has 2 N–H and O–H groups in total. The fraction of sp³-hybridized carbons (Fsp3) is 0.938. The average Bonchev–Trinajstić information content (AvgIpc) is 2.92. The molecule has 1 aliphatic heterocycles. The number of nitrogens with one attached hydrogen (secondary N) is 2. The second-order valence-electron chi connectivity index (χ2n) is 5.80. The van der Waals surface area contributed by atoms with Crippen molar-refractivity contribution in [2.75, 3.05) is 51.3 Å². The van der Waals surface area contributed by atoms with Crippen LogP contribution in [0, 0.1) is 5.92 Å². The molecular weight excluding hydrogens is 280 g/mol. The summed E-state index contributed by atoms with van der Waals surface area (Å²) >= 11 is 1.92. The van der Waals surface area contributed by atoms with Crippen LogP contribution in [-0.4, -0.2) is 62.1 Å². The zero-order valence-corrected chi connectivity index (χ0v) is 15.0. The van der Waals surface area contributed by atoms with Crippen LogP contribution in [0.2, 0.25) is 0 Å². The van der Waals surface area contributed by atoms with Crippen molar-refractivity contribution in [3.8, 4) is 0 Å². The van der Waals surface area contributed by atoms with Gasteiger partial charge in [-0.05, 0) is 63.6 Å². The number of unbranched alkanes of at least 4 members (excludes halogenated alkanes) is 1. The molecule has 21 heavy (non-hydrogen) atoms. The molecule has 1 rings (SSSR count). The van der Waals surface area contributed by atoms with Crippen LogP contribution in [0.25, 0.3) is 0 Å². The van der Waals surface area contributed by atoms with Crippen LogP contribution in [-0.2, 0) is 0 Å². The van der Waals surface area contributed by atoms with Gasteiger partial charge in [-0.3, -0.25) is 4.99 Å². The number of rotatable bonds is 10. The summed E-state index contributed by atoms with van der Waals surface area (Å²) in [6.07, 6.45) is 7.23. The van der Waals surface area contributed by atoms with E-state index >= 15 is 0 Å². The highest BCUT2D eigenvalue weighted by Crippen LogP contribution is 2.16. The van der Waals surface area contributed by atoms with Crippen LogP contribution in [0.5, 0.6) is 0 Å². The van der Waals surface area contributed by atoms with Crippen molar-refractivity contribution in [2.45, 2.75) is 39.5 Å². The molecule has 1 heterocycles. The Morgan fingerprint density at radius 1 is 1.29 bits per heavy atom. The highest BCUT2D eigenvalue weighted by atomic mass is 32.2. The molecule has 0 radical (unpaired) electrons. The lowest BCUT2D eigenvalue weighted by Gasteiger charge is -2.15. The monoisotopic (exact) mass is 314 g/mol. The van der Waals surface area contributed by atoms with Crippen LogP contribution in [0.1, 0.15) is 39.5 Å². The third kappa shape index (κ3) is 8.57. The molecule has 0 spiro atoms. The van der Waals surface area contributed by atoms with Crippen molar-refractivity contribution < 1.29 is 0 Å².